The van der Waals surface area contributed by atoms with Crippen molar-refractivity contribution < 1.29 is 4.79 Å². The Labute approximate surface area is 118 Å². The second-order valence-electron chi connectivity index (χ2n) is 5.35. The molecule has 1 aliphatic carbocycles. The molecular weight excluding hydrogens is 267 g/mol. The van der Waals surface area contributed by atoms with E-state index in [-0.39, 0.29) is 5.92 Å². The van der Waals surface area contributed by atoms with Crippen LogP contribution in [0.5, 0.6) is 0 Å². The fourth-order valence-electron chi connectivity index (χ4n) is 2.72. The van der Waals surface area contributed by atoms with Gasteiger partial charge in [-0.05, 0) is 36.5 Å². The minimum atomic E-state index is 0.223. The van der Waals surface area contributed by atoms with Crippen molar-refractivity contribution in [2.75, 3.05) is 0 Å². The first kappa shape index (κ1) is 13.9. The van der Waals surface area contributed by atoms with Crippen LogP contribution < -0.4 is 0 Å². The number of ketones is 1. The molecule has 1 saturated carbocycles. The first-order chi connectivity index (χ1) is 8.56. The highest BCUT2D eigenvalue weighted by atomic mass is 35.5. The number of Topliss-reactive ketones (excluding diaryl/α,β-unsaturated/α-hetero) is 1. The van der Waals surface area contributed by atoms with Crippen LogP contribution in [-0.4, -0.2) is 5.78 Å². The number of hydrogen-bond acceptors (Lipinski definition) is 1. The molecule has 0 radical (unpaired) electrons. The molecule has 1 aromatic rings. The van der Waals surface area contributed by atoms with Gasteiger partial charge in [0.25, 0.3) is 0 Å². The standard InChI is InChI=1S/C15H18Cl2O/c1-10-3-2-4-12(7-10)15(18)8-11-5-6-13(16)9-14(11)17/h5-6,9-10,12H,2-4,7-8H2,1H3. The summed E-state index contributed by atoms with van der Waals surface area (Å²) >= 11 is 12.0. The Hall–Kier alpha value is -0.530. The third-order valence-corrected chi connectivity index (χ3v) is 4.36. The van der Waals surface area contributed by atoms with Crippen LogP contribution in [0.3, 0.4) is 0 Å². The van der Waals surface area contributed by atoms with Gasteiger partial charge >= 0.3 is 0 Å². The monoisotopic (exact) mass is 284 g/mol. The van der Waals surface area contributed by atoms with Gasteiger partial charge in [-0.15, -0.1) is 0 Å². The van der Waals surface area contributed by atoms with Gasteiger partial charge < -0.3 is 0 Å². The van der Waals surface area contributed by atoms with Crippen molar-refractivity contribution in [3.8, 4) is 0 Å². The fraction of sp³-hybridized carbons (Fsp3) is 0.533. The predicted molar refractivity (Wildman–Crippen MR) is 76.3 cm³/mol. The van der Waals surface area contributed by atoms with Crippen LogP contribution in [0, 0.1) is 11.8 Å². The number of rotatable bonds is 3. The van der Waals surface area contributed by atoms with Gasteiger partial charge in [-0.3, -0.25) is 4.79 Å². The predicted octanol–water partition coefficient (Wildman–Crippen LogP) is 4.93. The van der Waals surface area contributed by atoms with Crippen molar-refractivity contribution in [2.24, 2.45) is 11.8 Å². The van der Waals surface area contributed by atoms with E-state index >= 15 is 0 Å². The molecule has 1 nitrogen and oxygen atoms in total. The smallest absolute Gasteiger partial charge is 0.140 e. The van der Waals surface area contributed by atoms with Crippen LogP contribution in [0.25, 0.3) is 0 Å². The topological polar surface area (TPSA) is 17.1 Å². The van der Waals surface area contributed by atoms with Gasteiger partial charge in [0.15, 0.2) is 0 Å². The molecule has 0 spiro atoms. The zero-order valence-corrected chi connectivity index (χ0v) is 12.1. The zero-order chi connectivity index (χ0) is 13.1. The van der Waals surface area contributed by atoms with Crippen LogP contribution in [0.1, 0.15) is 38.2 Å². The van der Waals surface area contributed by atoms with Gasteiger partial charge in [-0.2, -0.15) is 0 Å². The maximum absolute atomic E-state index is 12.3. The van der Waals surface area contributed by atoms with Crippen molar-refractivity contribution in [3.05, 3.63) is 33.8 Å². The largest absolute Gasteiger partial charge is 0.299 e. The van der Waals surface area contributed by atoms with E-state index in [2.05, 4.69) is 6.92 Å². The second kappa shape index (κ2) is 6.08. The Bertz CT molecular complexity index is 442. The van der Waals surface area contributed by atoms with Crippen LogP contribution in [-0.2, 0) is 11.2 Å². The lowest BCUT2D eigenvalue weighted by Gasteiger charge is -2.25. The molecule has 98 valence electrons. The van der Waals surface area contributed by atoms with E-state index < -0.39 is 0 Å². The Balaban J connectivity index is 2.02. The molecule has 2 rings (SSSR count). The van der Waals surface area contributed by atoms with E-state index in [4.69, 9.17) is 23.2 Å². The molecule has 2 atom stereocenters. The zero-order valence-electron chi connectivity index (χ0n) is 10.6. The van der Waals surface area contributed by atoms with Gasteiger partial charge in [0.05, 0.1) is 0 Å². The van der Waals surface area contributed by atoms with Gasteiger partial charge in [-0.1, -0.05) is 49.0 Å². The number of benzene rings is 1. The van der Waals surface area contributed by atoms with Crippen LogP contribution in [0.2, 0.25) is 10.0 Å². The van der Waals surface area contributed by atoms with Crippen molar-refractivity contribution in [1.82, 2.24) is 0 Å². The molecule has 1 aliphatic rings. The first-order valence-corrected chi connectivity index (χ1v) is 7.28. The number of hydrogen-bond donors (Lipinski definition) is 0. The molecule has 1 aromatic carbocycles. The molecule has 0 amide bonds. The van der Waals surface area contributed by atoms with Crippen molar-refractivity contribution >= 4 is 29.0 Å². The summed E-state index contributed by atoms with van der Waals surface area (Å²) in [6, 6.07) is 5.35. The summed E-state index contributed by atoms with van der Waals surface area (Å²) in [6.45, 7) is 2.23. The summed E-state index contributed by atoms with van der Waals surface area (Å²) < 4.78 is 0. The molecule has 3 heteroatoms. The fourth-order valence-corrected chi connectivity index (χ4v) is 3.20. The molecular formula is C15H18Cl2O. The van der Waals surface area contributed by atoms with E-state index in [1.165, 1.54) is 12.8 Å². The van der Waals surface area contributed by atoms with Crippen LogP contribution in [0.4, 0.5) is 0 Å². The van der Waals surface area contributed by atoms with E-state index in [1.807, 2.05) is 6.07 Å². The Morgan fingerprint density at radius 3 is 2.78 bits per heavy atom. The first-order valence-electron chi connectivity index (χ1n) is 6.53. The highest BCUT2D eigenvalue weighted by Crippen LogP contribution is 2.31. The molecule has 0 saturated heterocycles. The van der Waals surface area contributed by atoms with Crippen LogP contribution in [0.15, 0.2) is 18.2 Å². The number of carbonyl (C=O) groups excluding carboxylic acids is 1. The van der Waals surface area contributed by atoms with Crippen molar-refractivity contribution in [1.29, 1.82) is 0 Å². The lowest BCUT2D eigenvalue weighted by Crippen LogP contribution is -2.23. The molecule has 2 unspecified atom stereocenters. The summed E-state index contributed by atoms with van der Waals surface area (Å²) in [5.74, 6) is 1.22. The quantitative estimate of drug-likeness (QED) is 0.769. The highest BCUT2D eigenvalue weighted by molar-refractivity contribution is 6.35. The van der Waals surface area contributed by atoms with E-state index in [0.29, 0.717) is 28.2 Å². The van der Waals surface area contributed by atoms with E-state index in [0.717, 1.165) is 18.4 Å². The van der Waals surface area contributed by atoms with Crippen molar-refractivity contribution in [3.63, 3.8) is 0 Å². The Morgan fingerprint density at radius 2 is 2.11 bits per heavy atom. The van der Waals surface area contributed by atoms with Gasteiger partial charge in [0.1, 0.15) is 5.78 Å². The number of carbonyl (C=O) groups is 1. The Morgan fingerprint density at radius 1 is 1.33 bits per heavy atom. The minimum absolute atomic E-state index is 0.223. The third-order valence-electron chi connectivity index (χ3n) is 3.77. The third kappa shape index (κ3) is 3.49. The number of halogens is 2. The second-order valence-corrected chi connectivity index (χ2v) is 6.19. The van der Waals surface area contributed by atoms with E-state index in [1.54, 1.807) is 12.1 Å². The minimum Gasteiger partial charge on any atom is -0.299 e. The average molecular weight is 285 g/mol. The normalized spacial score (nSPS) is 23.9. The lowest BCUT2D eigenvalue weighted by atomic mass is 9.79. The van der Waals surface area contributed by atoms with Gasteiger partial charge in [0, 0.05) is 22.4 Å². The maximum atomic E-state index is 12.3. The maximum Gasteiger partial charge on any atom is 0.140 e. The molecule has 0 heterocycles. The summed E-state index contributed by atoms with van der Waals surface area (Å²) in [4.78, 5) is 12.3. The summed E-state index contributed by atoms with van der Waals surface area (Å²) in [6.07, 6.45) is 4.93. The van der Waals surface area contributed by atoms with Crippen molar-refractivity contribution in [2.45, 2.75) is 39.0 Å². The molecule has 1 fully saturated rings. The summed E-state index contributed by atoms with van der Waals surface area (Å²) in [5.41, 5.74) is 0.893. The molecule has 0 aromatic heterocycles. The van der Waals surface area contributed by atoms with Crippen LogP contribution >= 0.6 is 23.2 Å². The Kier molecular flexibility index (Phi) is 4.69. The van der Waals surface area contributed by atoms with Gasteiger partial charge in [-0.25, -0.2) is 0 Å². The molecule has 18 heavy (non-hydrogen) atoms. The SMILES string of the molecule is CC1CCCC(C(=O)Cc2ccc(Cl)cc2Cl)C1. The van der Waals surface area contributed by atoms with E-state index in [9.17, 15) is 4.79 Å². The average Bonchev–Trinajstić information content (AvgIpc) is 2.32. The molecule has 0 aliphatic heterocycles. The van der Waals surface area contributed by atoms with Gasteiger partial charge in [0.2, 0.25) is 0 Å². The summed E-state index contributed by atoms with van der Waals surface area (Å²) in [5, 5.41) is 1.21. The summed E-state index contributed by atoms with van der Waals surface area (Å²) in [7, 11) is 0. The lowest BCUT2D eigenvalue weighted by molar-refractivity contribution is -0.123. The molecule has 0 bridgehead atoms. The highest BCUT2D eigenvalue weighted by Gasteiger charge is 2.25. The molecule has 0 N–H and O–H groups in total.